The topological polar surface area (TPSA) is 29.9 Å². The number of nitrogens with one attached hydrogen (secondary N) is 1. The first-order valence-electron chi connectivity index (χ1n) is 7.17. The fourth-order valence-electron chi connectivity index (χ4n) is 2.82. The molecule has 3 nitrogen and oxygen atoms in total. The summed E-state index contributed by atoms with van der Waals surface area (Å²) >= 11 is 3.74. The molecule has 1 fully saturated rings. The Bertz CT molecular complexity index is 434. The van der Waals surface area contributed by atoms with Crippen molar-refractivity contribution in [2.45, 2.75) is 52.0 Å². The number of halogens is 1. The molecule has 4 heteroatoms. The Morgan fingerprint density at radius 2 is 2.17 bits per heavy atom. The second-order valence-corrected chi connectivity index (χ2v) is 6.90. The largest absolute Gasteiger partial charge is 0.369 e. The molecule has 0 saturated heterocycles. The molecule has 1 saturated carbocycles. The quantitative estimate of drug-likeness (QED) is 0.910. The van der Waals surface area contributed by atoms with E-state index in [4.69, 9.17) is 5.10 Å². The van der Waals surface area contributed by atoms with Gasteiger partial charge in [-0.05, 0) is 59.9 Å². The molecular weight excluding hydrogens is 290 g/mol. The fraction of sp³-hybridized carbons (Fsp3) is 0.786. The monoisotopic (exact) mass is 311 g/mol. The standard InChI is InChI=1S/C14H22BrN3/c1-9(2)3-6-11-13(15)14-16-8-7-12(10-4-5-10)18(14)17-11/h9-10,12,16H,3-8H2,1-2H3. The lowest BCUT2D eigenvalue weighted by molar-refractivity contribution is 0.373. The minimum absolute atomic E-state index is 0.644. The molecule has 0 spiro atoms. The molecule has 1 N–H and O–H groups in total. The summed E-state index contributed by atoms with van der Waals surface area (Å²) in [5.41, 5.74) is 1.23. The summed E-state index contributed by atoms with van der Waals surface area (Å²) in [6.07, 6.45) is 6.31. The Morgan fingerprint density at radius 1 is 1.39 bits per heavy atom. The van der Waals surface area contributed by atoms with Crippen molar-refractivity contribution in [3.05, 3.63) is 10.2 Å². The van der Waals surface area contributed by atoms with Gasteiger partial charge >= 0.3 is 0 Å². The minimum atomic E-state index is 0.644. The highest BCUT2D eigenvalue weighted by Crippen LogP contribution is 2.45. The molecule has 2 heterocycles. The highest BCUT2D eigenvalue weighted by molar-refractivity contribution is 9.10. The van der Waals surface area contributed by atoms with Crippen LogP contribution < -0.4 is 5.32 Å². The first-order valence-corrected chi connectivity index (χ1v) is 7.97. The zero-order valence-corrected chi connectivity index (χ0v) is 12.8. The van der Waals surface area contributed by atoms with Crippen LogP contribution in [-0.4, -0.2) is 16.3 Å². The number of anilines is 1. The molecule has 1 atom stereocenters. The Labute approximate surface area is 117 Å². The van der Waals surface area contributed by atoms with Crippen LogP contribution in [0.5, 0.6) is 0 Å². The Balaban J connectivity index is 1.84. The van der Waals surface area contributed by atoms with Gasteiger partial charge in [0, 0.05) is 6.54 Å². The van der Waals surface area contributed by atoms with Crippen molar-refractivity contribution in [1.82, 2.24) is 9.78 Å². The molecule has 1 aliphatic heterocycles. The molecule has 3 rings (SSSR count). The summed E-state index contributed by atoms with van der Waals surface area (Å²) in [6, 6.07) is 0.644. The predicted molar refractivity (Wildman–Crippen MR) is 78.0 cm³/mol. The maximum Gasteiger partial charge on any atom is 0.139 e. The molecule has 1 aliphatic carbocycles. The van der Waals surface area contributed by atoms with E-state index >= 15 is 0 Å². The SMILES string of the molecule is CC(C)CCc1nn2c(c1Br)NCCC2C1CC1. The van der Waals surface area contributed by atoms with E-state index in [9.17, 15) is 0 Å². The van der Waals surface area contributed by atoms with E-state index < -0.39 is 0 Å². The summed E-state index contributed by atoms with van der Waals surface area (Å²) in [5.74, 6) is 2.84. The molecule has 2 aliphatic rings. The number of hydrogen-bond acceptors (Lipinski definition) is 2. The van der Waals surface area contributed by atoms with E-state index in [1.54, 1.807) is 0 Å². The van der Waals surface area contributed by atoms with Crippen molar-refractivity contribution in [1.29, 1.82) is 0 Å². The van der Waals surface area contributed by atoms with Gasteiger partial charge in [-0.3, -0.25) is 0 Å². The van der Waals surface area contributed by atoms with Crippen LogP contribution in [0.15, 0.2) is 4.47 Å². The molecule has 100 valence electrons. The lowest BCUT2D eigenvalue weighted by Gasteiger charge is -2.25. The molecule has 1 aromatic heterocycles. The second kappa shape index (κ2) is 4.87. The van der Waals surface area contributed by atoms with Crippen molar-refractivity contribution in [3.63, 3.8) is 0 Å². The van der Waals surface area contributed by atoms with Crippen LogP contribution >= 0.6 is 15.9 Å². The van der Waals surface area contributed by atoms with Crippen LogP contribution in [0.25, 0.3) is 0 Å². The van der Waals surface area contributed by atoms with Gasteiger partial charge in [-0.2, -0.15) is 5.10 Å². The summed E-state index contributed by atoms with van der Waals surface area (Å²) < 4.78 is 3.47. The molecule has 1 aromatic rings. The third-order valence-electron chi connectivity index (χ3n) is 4.09. The van der Waals surface area contributed by atoms with Crippen molar-refractivity contribution >= 4 is 21.7 Å². The Morgan fingerprint density at radius 3 is 2.83 bits per heavy atom. The van der Waals surface area contributed by atoms with Crippen molar-refractivity contribution < 1.29 is 0 Å². The zero-order valence-electron chi connectivity index (χ0n) is 11.2. The lowest BCUT2D eigenvalue weighted by Crippen LogP contribution is -2.24. The number of aryl methyl sites for hydroxylation is 1. The average Bonchev–Trinajstić information content (AvgIpc) is 3.13. The van der Waals surface area contributed by atoms with Gasteiger partial charge in [0.25, 0.3) is 0 Å². The third-order valence-corrected chi connectivity index (χ3v) is 4.92. The Kier molecular flexibility index (Phi) is 3.39. The van der Waals surface area contributed by atoms with Crippen LogP contribution in [0.3, 0.4) is 0 Å². The van der Waals surface area contributed by atoms with Gasteiger partial charge in [0.05, 0.1) is 16.2 Å². The van der Waals surface area contributed by atoms with Gasteiger partial charge in [-0.25, -0.2) is 4.68 Å². The van der Waals surface area contributed by atoms with E-state index in [-0.39, 0.29) is 0 Å². The fourth-order valence-corrected chi connectivity index (χ4v) is 3.42. The van der Waals surface area contributed by atoms with Gasteiger partial charge in [-0.1, -0.05) is 13.8 Å². The van der Waals surface area contributed by atoms with Crippen LogP contribution in [0.1, 0.15) is 51.3 Å². The highest BCUT2D eigenvalue weighted by Gasteiger charge is 2.36. The molecule has 0 bridgehead atoms. The minimum Gasteiger partial charge on any atom is -0.369 e. The number of nitrogens with zero attached hydrogens (tertiary/aromatic N) is 2. The number of fused-ring (bicyclic) bond motifs is 1. The number of aromatic nitrogens is 2. The summed E-state index contributed by atoms with van der Waals surface area (Å²) in [5, 5.41) is 8.38. The van der Waals surface area contributed by atoms with E-state index in [1.165, 1.54) is 41.7 Å². The first-order chi connectivity index (χ1) is 8.66. The maximum atomic E-state index is 4.87. The van der Waals surface area contributed by atoms with Crippen molar-refractivity contribution in [3.8, 4) is 0 Å². The van der Waals surface area contributed by atoms with Crippen molar-refractivity contribution in [2.75, 3.05) is 11.9 Å². The van der Waals surface area contributed by atoms with Gasteiger partial charge in [0.15, 0.2) is 0 Å². The molecule has 18 heavy (non-hydrogen) atoms. The lowest BCUT2D eigenvalue weighted by atomic mass is 10.1. The van der Waals surface area contributed by atoms with Crippen LogP contribution in [0.4, 0.5) is 5.82 Å². The predicted octanol–water partition coefficient (Wildman–Crippen LogP) is 4.00. The maximum absolute atomic E-state index is 4.87. The van der Waals surface area contributed by atoms with Gasteiger partial charge in [-0.15, -0.1) is 0 Å². The molecule has 1 unspecified atom stereocenters. The van der Waals surface area contributed by atoms with Gasteiger partial charge < -0.3 is 5.32 Å². The van der Waals surface area contributed by atoms with E-state index in [0.29, 0.717) is 6.04 Å². The molecule has 0 amide bonds. The van der Waals surface area contributed by atoms with Crippen molar-refractivity contribution in [2.24, 2.45) is 11.8 Å². The number of hydrogen-bond donors (Lipinski definition) is 1. The van der Waals surface area contributed by atoms with Gasteiger partial charge in [0.1, 0.15) is 5.82 Å². The van der Waals surface area contributed by atoms with Gasteiger partial charge in [0.2, 0.25) is 0 Å². The smallest absolute Gasteiger partial charge is 0.139 e. The second-order valence-electron chi connectivity index (χ2n) is 6.11. The summed E-state index contributed by atoms with van der Waals surface area (Å²) in [7, 11) is 0. The number of rotatable bonds is 4. The normalized spacial score (nSPS) is 23.0. The van der Waals surface area contributed by atoms with Crippen LogP contribution in [0, 0.1) is 11.8 Å². The third kappa shape index (κ3) is 2.31. The molecular formula is C14H22BrN3. The molecule has 0 aromatic carbocycles. The van der Waals surface area contributed by atoms with E-state index in [0.717, 1.165) is 24.8 Å². The average molecular weight is 312 g/mol. The van der Waals surface area contributed by atoms with E-state index in [1.807, 2.05) is 0 Å². The highest BCUT2D eigenvalue weighted by atomic mass is 79.9. The summed E-state index contributed by atoms with van der Waals surface area (Å²) in [4.78, 5) is 0. The van der Waals surface area contributed by atoms with E-state index in [2.05, 4.69) is 39.8 Å². The molecule has 0 radical (unpaired) electrons. The Hall–Kier alpha value is -0.510. The first kappa shape index (κ1) is 12.5. The summed E-state index contributed by atoms with van der Waals surface area (Å²) in [6.45, 7) is 5.64. The van der Waals surface area contributed by atoms with Crippen LogP contribution in [0.2, 0.25) is 0 Å². The zero-order chi connectivity index (χ0) is 12.7. The van der Waals surface area contributed by atoms with Crippen LogP contribution in [-0.2, 0) is 6.42 Å².